The lowest BCUT2D eigenvalue weighted by Gasteiger charge is -2.48. The minimum absolute atomic E-state index is 0.128. The first-order chi connectivity index (χ1) is 8.39. The van der Waals surface area contributed by atoms with Crippen LogP contribution in [0.4, 0.5) is 0 Å². The number of nitrogens with zero attached hydrogens (tertiary/aromatic N) is 2. The lowest BCUT2D eigenvalue weighted by Crippen LogP contribution is -2.58. The molecule has 18 heavy (non-hydrogen) atoms. The van der Waals surface area contributed by atoms with Gasteiger partial charge in [0.2, 0.25) is 0 Å². The molecule has 0 spiro atoms. The van der Waals surface area contributed by atoms with Gasteiger partial charge in [0.25, 0.3) is 0 Å². The topological polar surface area (TPSA) is 41.7 Å². The third kappa shape index (κ3) is 4.19. The van der Waals surface area contributed by atoms with Crippen LogP contribution in [-0.2, 0) is 4.74 Å². The molecule has 0 aromatic carbocycles. The monoisotopic (exact) mass is 257 g/mol. The normalized spacial score (nSPS) is 33.3. The van der Waals surface area contributed by atoms with E-state index in [1.165, 1.54) is 6.42 Å². The van der Waals surface area contributed by atoms with E-state index in [1.54, 1.807) is 0 Å². The Bertz CT molecular complexity index is 235. The summed E-state index contributed by atoms with van der Waals surface area (Å²) in [6.07, 6.45) is 3.91. The number of likely N-dealkylation sites (N-methyl/N-ethyl adjacent to an activating group) is 1. The van der Waals surface area contributed by atoms with Crippen molar-refractivity contribution in [3.63, 3.8) is 0 Å². The van der Waals surface area contributed by atoms with E-state index in [0.717, 1.165) is 32.5 Å². The van der Waals surface area contributed by atoms with Gasteiger partial charge in [0.1, 0.15) is 0 Å². The molecule has 0 aromatic heterocycles. The summed E-state index contributed by atoms with van der Waals surface area (Å²) in [5.41, 5.74) is 6.22. The number of nitrogens with two attached hydrogens (primary N) is 1. The molecule has 0 radical (unpaired) electrons. The summed E-state index contributed by atoms with van der Waals surface area (Å²) >= 11 is 0. The molecule has 0 aliphatic carbocycles. The summed E-state index contributed by atoms with van der Waals surface area (Å²) < 4.78 is 5.85. The Morgan fingerprint density at radius 1 is 1.11 bits per heavy atom. The highest BCUT2D eigenvalue weighted by Crippen LogP contribution is 2.32. The van der Waals surface area contributed by atoms with Crippen LogP contribution in [-0.4, -0.2) is 68.3 Å². The summed E-state index contributed by atoms with van der Waals surface area (Å²) in [5.74, 6) is 0. The predicted octanol–water partition coefficient (Wildman–Crippen LogP) is 1.15. The van der Waals surface area contributed by atoms with Crippen molar-refractivity contribution in [2.75, 3.05) is 40.8 Å². The fourth-order valence-electron chi connectivity index (χ4n) is 3.14. The zero-order chi connectivity index (χ0) is 13.8. The Morgan fingerprint density at radius 2 is 1.67 bits per heavy atom. The lowest BCUT2D eigenvalue weighted by molar-refractivity contribution is -0.0977. The van der Waals surface area contributed by atoms with Gasteiger partial charge in [-0.15, -0.1) is 0 Å². The summed E-state index contributed by atoms with van der Waals surface area (Å²) in [6.45, 7) is 7.28. The zero-order valence-electron chi connectivity index (χ0n) is 12.8. The number of hydrogen-bond donors (Lipinski definition) is 1. The standard InChI is InChI=1S/C14H31N3O/c1-12-9-14(11-15,10-13(2)18-12)17(5)8-6-7-16(3)4/h12-13H,6-11,15H2,1-5H3. The molecule has 2 unspecified atom stereocenters. The summed E-state index contributed by atoms with van der Waals surface area (Å²) in [7, 11) is 6.46. The van der Waals surface area contributed by atoms with Gasteiger partial charge in [-0.1, -0.05) is 0 Å². The third-order valence-corrected chi connectivity index (χ3v) is 4.09. The fourth-order valence-corrected chi connectivity index (χ4v) is 3.14. The van der Waals surface area contributed by atoms with E-state index in [4.69, 9.17) is 10.5 Å². The molecule has 2 atom stereocenters. The Labute approximate surface area is 112 Å². The number of rotatable bonds is 6. The van der Waals surface area contributed by atoms with Gasteiger partial charge >= 0.3 is 0 Å². The van der Waals surface area contributed by atoms with Gasteiger partial charge in [-0.25, -0.2) is 0 Å². The van der Waals surface area contributed by atoms with Crippen molar-refractivity contribution < 1.29 is 4.74 Å². The molecule has 4 nitrogen and oxygen atoms in total. The van der Waals surface area contributed by atoms with E-state index in [1.807, 2.05) is 0 Å². The second kappa shape index (κ2) is 6.85. The molecule has 1 heterocycles. The van der Waals surface area contributed by atoms with Crippen molar-refractivity contribution in [3.8, 4) is 0 Å². The smallest absolute Gasteiger partial charge is 0.0568 e. The van der Waals surface area contributed by atoms with Gasteiger partial charge in [-0.3, -0.25) is 4.90 Å². The molecule has 1 aliphatic heterocycles. The predicted molar refractivity (Wildman–Crippen MR) is 76.8 cm³/mol. The quantitative estimate of drug-likeness (QED) is 0.775. The largest absolute Gasteiger partial charge is 0.375 e. The van der Waals surface area contributed by atoms with Crippen molar-refractivity contribution in [1.29, 1.82) is 0 Å². The third-order valence-electron chi connectivity index (χ3n) is 4.09. The molecule has 1 fully saturated rings. The Kier molecular flexibility index (Phi) is 6.05. The first-order valence-corrected chi connectivity index (χ1v) is 7.11. The molecule has 0 amide bonds. The molecule has 4 heteroatoms. The van der Waals surface area contributed by atoms with Gasteiger partial charge in [0.05, 0.1) is 12.2 Å². The van der Waals surface area contributed by atoms with Crippen molar-refractivity contribution in [1.82, 2.24) is 9.80 Å². The summed E-state index contributed by atoms with van der Waals surface area (Å²) in [5, 5.41) is 0. The second-order valence-corrected chi connectivity index (χ2v) is 6.17. The number of ether oxygens (including phenoxy) is 1. The van der Waals surface area contributed by atoms with Gasteiger partial charge in [-0.05, 0) is 67.3 Å². The average Bonchev–Trinajstić information content (AvgIpc) is 2.26. The molecule has 1 aliphatic rings. The van der Waals surface area contributed by atoms with Crippen molar-refractivity contribution in [3.05, 3.63) is 0 Å². The first kappa shape index (κ1) is 15.9. The van der Waals surface area contributed by atoms with E-state index in [0.29, 0.717) is 12.2 Å². The molecule has 0 saturated carbocycles. The SMILES string of the molecule is CC1CC(CN)(N(C)CCCN(C)C)CC(C)O1. The van der Waals surface area contributed by atoms with Crippen LogP contribution < -0.4 is 5.73 Å². The minimum atomic E-state index is 0.128. The fraction of sp³-hybridized carbons (Fsp3) is 1.00. The molecule has 1 rings (SSSR count). The first-order valence-electron chi connectivity index (χ1n) is 7.11. The van der Waals surface area contributed by atoms with Crippen LogP contribution in [0.25, 0.3) is 0 Å². The maximum absolute atomic E-state index is 6.09. The van der Waals surface area contributed by atoms with E-state index in [-0.39, 0.29) is 5.54 Å². The van der Waals surface area contributed by atoms with Crippen LogP contribution >= 0.6 is 0 Å². The van der Waals surface area contributed by atoms with Gasteiger partial charge in [0, 0.05) is 12.1 Å². The van der Waals surface area contributed by atoms with Crippen LogP contribution in [0.2, 0.25) is 0 Å². The van der Waals surface area contributed by atoms with E-state index >= 15 is 0 Å². The Balaban J connectivity index is 2.56. The lowest BCUT2D eigenvalue weighted by atomic mass is 9.82. The van der Waals surface area contributed by atoms with Crippen LogP contribution in [0.5, 0.6) is 0 Å². The van der Waals surface area contributed by atoms with Crippen LogP contribution in [0, 0.1) is 0 Å². The molecule has 1 saturated heterocycles. The zero-order valence-corrected chi connectivity index (χ0v) is 12.8. The maximum Gasteiger partial charge on any atom is 0.0568 e. The van der Waals surface area contributed by atoms with Gasteiger partial charge in [0.15, 0.2) is 0 Å². The molecule has 108 valence electrons. The molecule has 0 bridgehead atoms. The van der Waals surface area contributed by atoms with E-state index in [2.05, 4.69) is 44.8 Å². The van der Waals surface area contributed by atoms with E-state index < -0.39 is 0 Å². The Hall–Kier alpha value is -0.160. The Morgan fingerprint density at radius 3 is 2.11 bits per heavy atom. The second-order valence-electron chi connectivity index (χ2n) is 6.17. The van der Waals surface area contributed by atoms with Gasteiger partial charge < -0.3 is 15.4 Å². The van der Waals surface area contributed by atoms with Crippen molar-refractivity contribution in [2.24, 2.45) is 5.73 Å². The van der Waals surface area contributed by atoms with Crippen molar-refractivity contribution in [2.45, 2.75) is 50.9 Å². The molecular formula is C14H31N3O. The maximum atomic E-state index is 6.09. The van der Waals surface area contributed by atoms with Crippen LogP contribution in [0.1, 0.15) is 33.1 Å². The summed E-state index contributed by atoms with van der Waals surface area (Å²) in [6, 6.07) is 0. The molecule has 2 N–H and O–H groups in total. The average molecular weight is 257 g/mol. The summed E-state index contributed by atoms with van der Waals surface area (Å²) in [4.78, 5) is 4.70. The van der Waals surface area contributed by atoms with Crippen LogP contribution in [0.15, 0.2) is 0 Å². The highest BCUT2D eigenvalue weighted by atomic mass is 16.5. The van der Waals surface area contributed by atoms with Gasteiger partial charge in [-0.2, -0.15) is 0 Å². The molecular weight excluding hydrogens is 226 g/mol. The highest BCUT2D eigenvalue weighted by molar-refractivity contribution is 4.96. The molecule has 0 aromatic rings. The van der Waals surface area contributed by atoms with E-state index in [9.17, 15) is 0 Å². The highest BCUT2D eigenvalue weighted by Gasteiger charge is 2.40. The minimum Gasteiger partial charge on any atom is -0.375 e. The number of hydrogen-bond acceptors (Lipinski definition) is 4. The van der Waals surface area contributed by atoms with Crippen molar-refractivity contribution >= 4 is 0 Å². The van der Waals surface area contributed by atoms with Crippen LogP contribution in [0.3, 0.4) is 0 Å².